The molecule has 0 fully saturated rings. The number of halogens is 3. The fraction of sp³-hybridized carbons (Fsp3) is 0.500. The van der Waals surface area contributed by atoms with Crippen molar-refractivity contribution in [3.8, 4) is 0 Å². The van der Waals surface area contributed by atoms with Gasteiger partial charge in [-0.3, -0.25) is 4.79 Å². The number of hydrogen-bond donors (Lipinski definition) is 1. The molecule has 0 heterocycles. The number of alkyl halides is 3. The number of benzene rings is 1. The van der Waals surface area contributed by atoms with Gasteiger partial charge in [-0.05, 0) is 18.7 Å². The molecule has 0 spiro atoms. The van der Waals surface area contributed by atoms with Crippen molar-refractivity contribution in [2.24, 2.45) is 5.92 Å². The van der Waals surface area contributed by atoms with Crippen LogP contribution < -0.4 is 5.32 Å². The van der Waals surface area contributed by atoms with Crippen LogP contribution in [0, 0.1) is 5.92 Å². The molecule has 1 N–H and O–H groups in total. The Hall–Kier alpha value is -1.56. The summed E-state index contributed by atoms with van der Waals surface area (Å²) in [5.41, 5.74) is -0.589. The van der Waals surface area contributed by atoms with Crippen molar-refractivity contribution in [3.63, 3.8) is 0 Å². The van der Waals surface area contributed by atoms with Crippen LogP contribution >= 0.6 is 0 Å². The number of nitrogens with zero attached hydrogens (tertiary/aromatic N) is 1. The Balaban J connectivity index is 2.86. The molecule has 0 aliphatic carbocycles. The quantitative estimate of drug-likeness (QED) is 0.903. The van der Waals surface area contributed by atoms with E-state index < -0.39 is 11.7 Å². The highest BCUT2D eigenvalue weighted by molar-refractivity contribution is 5.78. The standard InChI is InChI=1S/C14H19F3N2O/c1-10(8-18-2)13(20)19(3)9-11-6-4-5-7-12(11)14(15,16)17/h4-7,10,18H,8-9H2,1-3H3. The minimum Gasteiger partial charge on any atom is -0.341 e. The molecule has 1 unspecified atom stereocenters. The summed E-state index contributed by atoms with van der Waals surface area (Å²) in [5.74, 6) is -0.459. The predicted octanol–water partition coefficient (Wildman–Crippen LogP) is 2.52. The first-order chi connectivity index (χ1) is 9.27. The molecule has 0 aliphatic rings. The Labute approximate surface area is 116 Å². The van der Waals surface area contributed by atoms with E-state index in [0.29, 0.717) is 6.54 Å². The molecule has 20 heavy (non-hydrogen) atoms. The normalized spacial score (nSPS) is 13.1. The van der Waals surface area contributed by atoms with Gasteiger partial charge < -0.3 is 10.2 Å². The van der Waals surface area contributed by atoms with Gasteiger partial charge in [0.15, 0.2) is 0 Å². The van der Waals surface area contributed by atoms with E-state index in [2.05, 4.69) is 5.32 Å². The maximum Gasteiger partial charge on any atom is 0.416 e. The van der Waals surface area contributed by atoms with Crippen LogP contribution in [-0.4, -0.2) is 31.4 Å². The molecule has 6 heteroatoms. The van der Waals surface area contributed by atoms with Crippen molar-refractivity contribution >= 4 is 5.91 Å². The minimum absolute atomic E-state index is 0.0530. The van der Waals surface area contributed by atoms with Gasteiger partial charge in [-0.25, -0.2) is 0 Å². The number of amides is 1. The van der Waals surface area contributed by atoms with Crippen molar-refractivity contribution in [1.29, 1.82) is 0 Å². The summed E-state index contributed by atoms with van der Waals surface area (Å²) in [6, 6.07) is 5.32. The second-order valence-electron chi connectivity index (χ2n) is 4.81. The Morgan fingerprint density at radius 1 is 1.35 bits per heavy atom. The van der Waals surface area contributed by atoms with Gasteiger partial charge in [-0.1, -0.05) is 25.1 Å². The van der Waals surface area contributed by atoms with Crippen LogP contribution in [0.3, 0.4) is 0 Å². The lowest BCUT2D eigenvalue weighted by atomic mass is 10.1. The number of hydrogen-bond acceptors (Lipinski definition) is 2. The number of nitrogens with one attached hydrogen (secondary N) is 1. The molecule has 0 saturated heterocycles. The number of carbonyl (C=O) groups is 1. The van der Waals surface area contributed by atoms with Crippen LogP contribution in [0.2, 0.25) is 0 Å². The summed E-state index contributed by atoms with van der Waals surface area (Å²) < 4.78 is 38.6. The van der Waals surface area contributed by atoms with Gasteiger partial charge in [0.1, 0.15) is 0 Å². The second-order valence-corrected chi connectivity index (χ2v) is 4.81. The van der Waals surface area contributed by atoms with Crippen LogP contribution in [0.15, 0.2) is 24.3 Å². The fourth-order valence-electron chi connectivity index (χ4n) is 2.04. The largest absolute Gasteiger partial charge is 0.416 e. The zero-order valence-electron chi connectivity index (χ0n) is 11.8. The molecule has 1 amide bonds. The second kappa shape index (κ2) is 6.74. The molecule has 1 atom stereocenters. The highest BCUT2D eigenvalue weighted by Crippen LogP contribution is 2.32. The molecule has 1 aromatic carbocycles. The maximum absolute atomic E-state index is 12.9. The fourth-order valence-corrected chi connectivity index (χ4v) is 2.04. The number of carbonyl (C=O) groups excluding carboxylic acids is 1. The van der Waals surface area contributed by atoms with Gasteiger partial charge in [0.05, 0.1) is 5.56 Å². The van der Waals surface area contributed by atoms with E-state index in [-0.39, 0.29) is 23.9 Å². The Kier molecular flexibility index (Phi) is 5.56. The third-order valence-electron chi connectivity index (χ3n) is 3.04. The van der Waals surface area contributed by atoms with Crippen molar-refractivity contribution in [2.45, 2.75) is 19.6 Å². The van der Waals surface area contributed by atoms with Gasteiger partial charge in [-0.2, -0.15) is 13.2 Å². The summed E-state index contributed by atoms with van der Waals surface area (Å²) in [5, 5.41) is 2.88. The highest BCUT2D eigenvalue weighted by Gasteiger charge is 2.33. The summed E-state index contributed by atoms with van der Waals surface area (Å²) in [7, 11) is 3.24. The van der Waals surface area contributed by atoms with Gasteiger partial charge in [-0.15, -0.1) is 0 Å². The Morgan fingerprint density at radius 3 is 2.50 bits per heavy atom. The van der Waals surface area contributed by atoms with Crippen LogP contribution in [0.1, 0.15) is 18.1 Å². The van der Waals surface area contributed by atoms with Crippen molar-refractivity contribution in [1.82, 2.24) is 10.2 Å². The van der Waals surface area contributed by atoms with Crippen LogP contribution in [-0.2, 0) is 17.5 Å². The summed E-state index contributed by atoms with van der Waals surface area (Å²) in [6.45, 7) is 2.18. The molecule has 0 bridgehead atoms. The zero-order valence-corrected chi connectivity index (χ0v) is 11.8. The van der Waals surface area contributed by atoms with Gasteiger partial charge in [0, 0.05) is 26.1 Å². The van der Waals surface area contributed by atoms with Crippen LogP contribution in [0.5, 0.6) is 0 Å². The maximum atomic E-state index is 12.9. The van der Waals surface area contributed by atoms with Gasteiger partial charge >= 0.3 is 6.18 Å². The smallest absolute Gasteiger partial charge is 0.341 e. The van der Waals surface area contributed by atoms with E-state index in [1.165, 1.54) is 24.1 Å². The zero-order chi connectivity index (χ0) is 15.3. The molecule has 3 nitrogen and oxygen atoms in total. The summed E-state index contributed by atoms with van der Waals surface area (Å²) in [4.78, 5) is 13.3. The van der Waals surface area contributed by atoms with E-state index in [9.17, 15) is 18.0 Å². The van der Waals surface area contributed by atoms with E-state index in [4.69, 9.17) is 0 Å². The van der Waals surface area contributed by atoms with E-state index in [1.807, 2.05) is 0 Å². The monoisotopic (exact) mass is 288 g/mol. The van der Waals surface area contributed by atoms with Gasteiger partial charge in [0.25, 0.3) is 0 Å². The average molecular weight is 288 g/mol. The molecule has 112 valence electrons. The van der Waals surface area contributed by atoms with Crippen molar-refractivity contribution in [2.75, 3.05) is 20.6 Å². The Bertz CT molecular complexity index is 460. The molecule has 0 aromatic heterocycles. The van der Waals surface area contributed by atoms with Crippen molar-refractivity contribution < 1.29 is 18.0 Å². The first-order valence-electron chi connectivity index (χ1n) is 6.32. The molecular weight excluding hydrogens is 269 g/mol. The average Bonchev–Trinajstić information content (AvgIpc) is 2.37. The van der Waals surface area contributed by atoms with Crippen LogP contribution in [0.4, 0.5) is 13.2 Å². The molecule has 0 saturated carbocycles. The molecule has 1 rings (SSSR count). The van der Waals surface area contributed by atoms with E-state index in [1.54, 1.807) is 20.0 Å². The first-order valence-corrected chi connectivity index (χ1v) is 6.32. The molecule has 1 aromatic rings. The minimum atomic E-state index is -4.41. The third kappa shape index (κ3) is 4.23. The van der Waals surface area contributed by atoms with E-state index >= 15 is 0 Å². The number of rotatable bonds is 5. The topological polar surface area (TPSA) is 32.3 Å². The lowest BCUT2D eigenvalue weighted by Gasteiger charge is -2.23. The van der Waals surface area contributed by atoms with E-state index in [0.717, 1.165) is 6.07 Å². The van der Waals surface area contributed by atoms with Gasteiger partial charge in [0.2, 0.25) is 5.91 Å². The highest BCUT2D eigenvalue weighted by atomic mass is 19.4. The lowest BCUT2D eigenvalue weighted by molar-refractivity contribution is -0.140. The first kappa shape index (κ1) is 16.5. The SMILES string of the molecule is CNCC(C)C(=O)N(C)Cc1ccccc1C(F)(F)F. The predicted molar refractivity (Wildman–Crippen MR) is 71.0 cm³/mol. The summed E-state index contributed by atoms with van der Waals surface area (Å²) >= 11 is 0. The molecule has 0 radical (unpaired) electrons. The molecular formula is C14H19F3N2O. The van der Waals surface area contributed by atoms with Crippen LogP contribution in [0.25, 0.3) is 0 Å². The Morgan fingerprint density at radius 2 is 1.95 bits per heavy atom. The lowest BCUT2D eigenvalue weighted by Crippen LogP contribution is -2.36. The molecule has 0 aliphatic heterocycles. The summed E-state index contributed by atoms with van der Waals surface area (Å²) in [6.07, 6.45) is -4.41. The van der Waals surface area contributed by atoms with Crippen molar-refractivity contribution in [3.05, 3.63) is 35.4 Å². The third-order valence-corrected chi connectivity index (χ3v) is 3.04.